The van der Waals surface area contributed by atoms with Crippen molar-refractivity contribution in [1.82, 2.24) is 9.88 Å². The van der Waals surface area contributed by atoms with E-state index in [9.17, 15) is 4.79 Å². The van der Waals surface area contributed by atoms with Gasteiger partial charge >= 0.3 is 0 Å². The highest BCUT2D eigenvalue weighted by molar-refractivity contribution is 5.99. The van der Waals surface area contributed by atoms with Crippen molar-refractivity contribution in [1.29, 1.82) is 0 Å². The first-order valence-corrected chi connectivity index (χ1v) is 12.5. The van der Waals surface area contributed by atoms with Crippen molar-refractivity contribution < 1.29 is 9.53 Å². The van der Waals surface area contributed by atoms with E-state index in [0.29, 0.717) is 19.0 Å². The zero-order valence-electron chi connectivity index (χ0n) is 20.6. The second-order valence-electron chi connectivity index (χ2n) is 9.30. The fraction of sp³-hybridized carbons (Fsp3) is 0.226. The number of hydrogen-bond donors (Lipinski definition) is 0. The first-order valence-electron chi connectivity index (χ1n) is 12.5. The molecule has 1 aliphatic rings. The first kappa shape index (κ1) is 23.6. The monoisotopic (exact) mass is 477 g/mol. The van der Waals surface area contributed by atoms with Gasteiger partial charge in [-0.25, -0.2) is 4.98 Å². The van der Waals surface area contributed by atoms with Gasteiger partial charge in [-0.15, -0.1) is 0 Å². The number of aromatic nitrogens is 1. The van der Waals surface area contributed by atoms with Gasteiger partial charge in [-0.05, 0) is 35.7 Å². The maximum Gasteiger partial charge on any atom is 0.256 e. The molecule has 182 valence electrons. The molecule has 1 atom stereocenters. The zero-order chi connectivity index (χ0) is 24.7. The highest BCUT2D eigenvalue weighted by atomic mass is 16.5. The quantitative estimate of drug-likeness (QED) is 0.317. The normalized spacial score (nSPS) is 15.0. The van der Waals surface area contributed by atoms with E-state index in [-0.39, 0.29) is 12.0 Å². The molecule has 0 unspecified atom stereocenters. The molecule has 0 saturated carbocycles. The van der Waals surface area contributed by atoms with Crippen molar-refractivity contribution in [2.24, 2.45) is 0 Å². The summed E-state index contributed by atoms with van der Waals surface area (Å²) in [6.45, 7) is 4.66. The van der Waals surface area contributed by atoms with E-state index in [1.54, 1.807) is 0 Å². The standard InChI is InChI=1S/C31H31N3O2/c1-24-16-17-30(32-20-24)36-27-18-19-33(23-27)29-15-9-8-14-28(29)31(35)34(21-25-10-4-2-5-11-25)22-26-12-6-3-7-13-26/h2-17,20,27H,18-19,21-23H2,1H3/t27-/m1/s1. The van der Waals surface area contributed by atoms with Gasteiger partial charge in [-0.2, -0.15) is 0 Å². The molecule has 5 rings (SSSR count). The number of amides is 1. The molecule has 1 aliphatic heterocycles. The van der Waals surface area contributed by atoms with E-state index in [2.05, 4.69) is 34.1 Å². The van der Waals surface area contributed by atoms with E-state index in [1.165, 1.54) is 0 Å². The van der Waals surface area contributed by atoms with Crippen LogP contribution < -0.4 is 9.64 Å². The van der Waals surface area contributed by atoms with Crippen molar-refractivity contribution in [3.8, 4) is 5.88 Å². The molecule has 5 heteroatoms. The third-order valence-corrected chi connectivity index (χ3v) is 6.51. The van der Waals surface area contributed by atoms with Gasteiger partial charge in [0.25, 0.3) is 5.91 Å². The van der Waals surface area contributed by atoms with E-state index in [1.807, 2.05) is 90.8 Å². The van der Waals surface area contributed by atoms with Gasteiger partial charge in [0.2, 0.25) is 5.88 Å². The highest BCUT2D eigenvalue weighted by Gasteiger charge is 2.28. The summed E-state index contributed by atoms with van der Waals surface area (Å²) in [5.74, 6) is 0.677. The third-order valence-electron chi connectivity index (χ3n) is 6.51. The summed E-state index contributed by atoms with van der Waals surface area (Å²) in [5.41, 5.74) is 5.01. The van der Waals surface area contributed by atoms with Gasteiger partial charge in [0.05, 0.1) is 12.1 Å². The number of pyridine rings is 1. The minimum Gasteiger partial charge on any atom is -0.472 e. The number of carbonyl (C=O) groups is 1. The zero-order valence-corrected chi connectivity index (χ0v) is 20.6. The van der Waals surface area contributed by atoms with Gasteiger partial charge in [-0.3, -0.25) is 4.79 Å². The molecule has 4 aromatic rings. The highest BCUT2D eigenvalue weighted by Crippen LogP contribution is 2.28. The molecule has 1 saturated heterocycles. The Kier molecular flexibility index (Phi) is 7.27. The van der Waals surface area contributed by atoms with Crippen LogP contribution in [0.1, 0.15) is 33.5 Å². The molecule has 3 aromatic carbocycles. The predicted molar refractivity (Wildman–Crippen MR) is 143 cm³/mol. The molecule has 2 heterocycles. The fourth-order valence-electron chi connectivity index (χ4n) is 4.65. The summed E-state index contributed by atoms with van der Waals surface area (Å²) >= 11 is 0. The topological polar surface area (TPSA) is 45.7 Å². The predicted octanol–water partition coefficient (Wildman–Crippen LogP) is 5.89. The molecule has 0 N–H and O–H groups in total. The van der Waals surface area contributed by atoms with Crippen LogP contribution in [0.4, 0.5) is 5.69 Å². The van der Waals surface area contributed by atoms with Crippen LogP contribution in [-0.2, 0) is 13.1 Å². The number of para-hydroxylation sites is 1. The number of aryl methyl sites for hydroxylation is 1. The second kappa shape index (κ2) is 11.1. The number of carbonyl (C=O) groups excluding carboxylic acids is 1. The summed E-state index contributed by atoms with van der Waals surface area (Å²) in [7, 11) is 0. The molecular formula is C31H31N3O2. The number of hydrogen-bond acceptors (Lipinski definition) is 4. The smallest absolute Gasteiger partial charge is 0.256 e. The maximum atomic E-state index is 14.0. The third kappa shape index (κ3) is 5.74. The Morgan fingerprint density at radius 3 is 2.17 bits per heavy atom. The molecule has 0 bridgehead atoms. The second-order valence-corrected chi connectivity index (χ2v) is 9.30. The van der Waals surface area contributed by atoms with E-state index in [4.69, 9.17) is 4.74 Å². The Morgan fingerprint density at radius 2 is 1.53 bits per heavy atom. The molecule has 1 aromatic heterocycles. The van der Waals surface area contributed by atoms with Crippen LogP contribution in [-0.4, -0.2) is 35.0 Å². The lowest BCUT2D eigenvalue weighted by Crippen LogP contribution is -2.32. The van der Waals surface area contributed by atoms with E-state index in [0.717, 1.165) is 47.5 Å². The number of nitrogens with zero attached hydrogens (tertiary/aromatic N) is 3. The summed E-state index contributed by atoms with van der Waals surface area (Å²) in [6, 6.07) is 32.2. The van der Waals surface area contributed by atoms with Crippen LogP contribution in [0.5, 0.6) is 5.88 Å². The van der Waals surface area contributed by atoms with Crippen molar-refractivity contribution >= 4 is 11.6 Å². The molecule has 1 amide bonds. The van der Waals surface area contributed by atoms with Crippen LogP contribution in [0.2, 0.25) is 0 Å². The van der Waals surface area contributed by atoms with Crippen molar-refractivity contribution in [3.63, 3.8) is 0 Å². The van der Waals surface area contributed by atoms with Gasteiger partial charge in [-0.1, -0.05) is 78.9 Å². The SMILES string of the molecule is Cc1ccc(O[C@@H]2CCN(c3ccccc3C(=O)N(Cc3ccccc3)Cc3ccccc3)C2)nc1. The average Bonchev–Trinajstić information content (AvgIpc) is 3.39. The van der Waals surface area contributed by atoms with Crippen molar-refractivity contribution in [2.45, 2.75) is 32.5 Å². The van der Waals surface area contributed by atoms with Crippen LogP contribution in [0.15, 0.2) is 103 Å². The molecule has 36 heavy (non-hydrogen) atoms. The van der Waals surface area contributed by atoms with Crippen LogP contribution >= 0.6 is 0 Å². The van der Waals surface area contributed by atoms with Crippen LogP contribution in [0.3, 0.4) is 0 Å². The Hall–Kier alpha value is -4.12. The largest absolute Gasteiger partial charge is 0.472 e. The minimum absolute atomic E-state index is 0.0304. The van der Waals surface area contributed by atoms with Gasteiger partial charge in [0.1, 0.15) is 6.10 Å². The van der Waals surface area contributed by atoms with Gasteiger partial charge < -0.3 is 14.5 Å². The molecular weight excluding hydrogens is 446 g/mol. The van der Waals surface area contributed by atoms with Crippen molar-refractivity contribution in [2.75, 3.05) is 18.0 Å². The summed E-state index contributed by atoms with van der Waals surface area (Å²) < 4.78 is 6.14. The number of benzene rings is 3. The first-order chi connectivity index (χ1) is 17.7. The molecule has 0 radical (unpaired) electrons. The van der Waals surface area contributed by atoms with Crippen LogP contribution in [0, 0.1) is 6.92 Å². The minimum atomic E-state index is 0.0304. The van der Waals surface area contributed by atoms with E-state index >= 15 is 0 Å². The van der Waals surface area contributed by atoms with E-state index < -0.39 is 0 Å². The lowest BCUT2D eigenvalue weighted by Gasteiger charge is -2.27. The Bertz CT molecular complexity index is 1230. The molecule has 1 fully saturated rings. The van der Waals surface area contributed by atoms with Gasteiger partial charge in [0.15, 0.2) is 0 Å². The lowest BCUT2D eigenvalue weighted by atomic mass is 10.1. The number of ether oxygens (including phenoxy) is 1. The molecule has 5 nitrogen and oxygen atoms in total. The summed E-state index contributed by atoms with van der Waals surface area (Å²) in [5, 5.41) is 0. The van der Waals surface area contributed by atoms with Crippen LogP contribution in [0.25, 0.3) is 0 Å². The van der Waals surface area contributed by atoms with Gasteiger partial charge in [0, 0.05) is 44.0 Å². The fourth-order valence-corrected chi connectivity index (χ4v) is 4.65. The maximum absolute atomic E-state index is 14.0. The molecule has 0 spiro atoms. The number of anilines is 1. The Morgan fingerprint density at radius 1 is 0.889 bits per heavy atom. The molecule has 0 aliphatic carbocycles. The average molecular weight is 478 g/mol. The summed E-state index contributed by atoms with van der Waals surface area (Å²) in [4.78, 5) is 22.6. The Labute approximate surface area is 213 Å². The Balaban J connectivity index is 1.36. The number of rotatable bonds is 8. The lowest BCUT2D eigenvalue weighted by molar-refractivity contribution is 0.0730. The van der Waals surface area contributed by atoms with Crippen molar-refractivity contribution in [3.05, 3.63) is 126 Å². The summed E-state index contributed by atoms with van der Waals surface area (Å²) in [6.07, 6.45) is 2.74.